The fourth-order valence-corrected chi connectivity index (χ4v) is 2.43. The van der Waals surface area contributed by atoms with Crippen LogP contribution in [0.25, 0.3) is 17.6 Å². The summed E-state index contributed by atoms with van der Waals surface area (Å²) in [5.41, 5.74) is 3.24. The number of nitrogens with zero attached hydrogens (tertiary/aromatic N) is 3. The molecule has 0 saturated heterocycles. The quantitative estimate of drug-likeness (QED) is 0.786. The van der Waals surface area contributed by atoms with E-state index in [-0.39, 0.29) is 24.2 Å². The van der Waals surface area contributed by atoms with Crippen molar-refractivity contribution in [3.05, 3.63) is 41.7 Å². The fraction of sp³-hybridized carbons (Fsp3) is 0.368. The molecule has 0 bridgehead atoms. The van der Waals surface area contributed by atoms with Crippen LogP contribution in [0.15, 0.2) is 30.6 Å². The highest BCUT2D eigenvalue weighted by molar-refractivity contribution is 5.95. The third-order valence-corrected chi connectivity index (χ3v) is 3.45. The molecule has 2 aromatic rings. The van der Waals surface area contributed by atoms with Crippen LogP contribution in [0.1, 0.15) is 31.4 Å². The van der Waals surface area contributed by atoms with Gasteiger partial charge in [0.1, 0.15) is 6.33 Å². The molecule has 0 saturated carbocycles. The number of carbonyl (C=O) groups is 2. The lowest BCUT2D eigenvalue weighted by atomic mass is 10.1. The van der Waals surface area contributed by atoms with Crippen molar-refractivity contribution < 1.29 is 9.59 Å². The summed E-state index contributed by atoms with van der Waals surface area (Å²) in [4.78, 5) is 27.6. The molecule has 25 heavy (non-hydrogen) atoms. The Labute approximate surface area is 148 Å². The first-order valence-corrected chi connectivity index (χ1v) is 8.31. The van der Waals surface area contributed by atoms with E-state index in [1.54, 1.807) is 6.33 Å². The van der Waals surface area contributed by atoms with Crippen LogP contribution in [0.2, 0.25) is 0 Å². The monoisotopic (exact) mass is 340 g/mol. The Hall–Kier alpha value is -2.76. The highest BCUT2D eigenvalue weighted by Crippen LogP contribution is 2.18. The molecule has 6 heteroatoms. The fourth-order valence-electron chi connectivity index (χ4n) is 2.43. The number of hydrogen-bond donors (Lipinski definition) is 1. The number of carbonyl (C=O) groups excluding carboxylic acids is 2. The molecule has 6 nitrogen and oxygen atoms in total. The molecule has 1 amide bonds. The first kappa shape index (κ1) is 18.6. The average Bonchev–Trinajstić information content (AvgIpc) is 2.98. The first-order chi connectivity index (χ1) is 11.8. The van der Waals surface area contributed by atoms with Gasteiger partial charge in [-0.3, -0.25) is 9.59 Å². The van der Waals surface area contributed by atoms with E-state index < -0.39 is 0 Å². The van der Waals surface area contributed by atoms with Gasteiger partial charge in [0.2, 0.25) is 5.91 Å². The lowest BCUT2D eigenvalue weighted by molar-refractivity contribution is -0.124. The summed E-state index contributed by atoms with van der Waals surface area (Å²) >= 11 is 0. The van der Waals surface area contributed by atoms with Gasteiger partial charge in [0.25, 0.3) is 0 Å². The summed E-state index contributed by atoms with van der Waals surface area (Å²) in [6, 6.07) is 6.13. The van der Waals surface area contributed by atoms with Crippen molar-refractivity contribution in [2.24, 2.45) is 5.92 Å². The van der Waals surface area contributed by atoms with E-state index in [0.717, 1.165) is 16.7 Å². The number of nitrogens with one attached hydrogen (secondary N) is 1. The molecular formula is C19H24N4O2. The Morgan fingerprint density at radius 2 is 1.88 bits per heavy atom. The van der Waals surface area contributed by atoms with Crippen LogP contribution in [0.4, 0.5) is 0 Å². The van der Waals surface area contributed by atoms with Crippen molar-refractivity contribution in [2.75, 3.05) is 6.54 Å². The van der Waals surface area contributed by atoms with E-state index in [4.69, 9.17) is 0 Å². The molecule has 0 aliphatic heterocycles. The van der Waals surface area contributed by atoms with Crippen molar-refractivity contribution in [1.82, 2.24) is 20.1 Å². The zero-order chi connectivity index (χ0) is 18.4. The van der Waals surface area contributed by atoms with Gasteiger partial charge >= 0.3 is 0 Å². The largest absolute Gasteiger partial charge is 0.349 e. The van der Waals surface area contributed by atoms with Gasteiger partial charge in [0.15, 0.2) is 11.6 Å². The SMILES string of the molecule is Cc1cc(C)cc(-c2ncn(/C=C\C(=O)CNC(=O)CC(C)C)n2)c1. The molecule has 2 rings (SSSR count). The molecule has 0 unspecified atom stereocenters. The molecule has 1 aromatic heterocycles. The molecule has 1 heterocycles. The summed E-state index contributed by atoms with van der Waals surface area (Å²) in [6.45, 7) is 7.96. The second-order valence-electron chi connectivity index (χ2n) is 6.58. The Morgan fingerprint density at radius 3 is 2.52 bits per heavy atom. The number of benzene rings is 1. The topological polar surface area (TPSA) is 76.9 Å². The Kier molecular flexibility index (Phi) is 6.22. The predicted molar refractivity (Wildman–Crippen MR) is 97.7 cm³/mol. The summed E-state index contributed by atoms with van der Waals surface area (Å²) in [5.74, 6) is 0.564. The van der Waals surface area contributed by atoms with E-state index in [1.807, 2.05) is 39.8 Å². The minimum absolute atomic E-state index is 0.0132. The summed E-state index contributed by atoms with van der Waals surface area (Å²) < 4.78 is 1.49. The standard InChI is InChI=1S/C19H24N4O2/c1-13(2)7-18(25)20-11-17(24)5-6-23-12-21-19(22-23)16-9-14(3)8-15(4)10-16/h5-6,8-10,12-13H,7,11H2,1-4H3,(H,20,25)/b6-5-. The lowest BCUT2D eigenvalue weighted by Crippen LogP contribution is -2.29. The van der Waals surface area contributed by atoms with E-state index >= 15 is 0 Å². The van der Waals surface area contributed by atoms with Crippen molar-refractivity contribution >= 4 is 17.9 Å². The number of hydrogen-bond acceptors (Lipinski definition) is 4. The minimum atomic E-state index is -0.194. The van der Waals surface area contributed by atoms with Gasteiger partial charge in [-0.2, -0.15) is 0 Å². The molecule has 0 aliphatic rings. The summed E-state index contributed by atoms with van der Waals surface area (Å²) in [5, 5.41) is 6.96. The number of aryl methyl sites for hydroxylation is 2. The van der Waals surface area contributed by atoms with Crippen LogP contribution in [0.3, 0.4) is 0 Å². The van der Waals surface area contributed by atoms with Crippen LogP contribution in [-0.4, -0.2) is 33.0 Å². The molecule has 0 spiro atoms. The van der Waals surface area contributed by atoms with Gasteiger partial charge in [-0.25, -0.2) is 9.67 Å². The second kappa shape index (κ2) is 8.37. The zero-order valence-corrected chi connectivity index (χ0v) is 15.1. The highest BCUT2D eigenvalue weighted by Gasteiger charge is 2.07. The first-order valence-electron chi connectivity index (χ1n) is 8.31. The van der Waals surface area contributed by atoms with Crippen molar-refractivity contribution in [3.63, 3.8) is 0 Å². The Balaban J connectivity index is 1.95. The van der Waals surface area contributed by atoms with E-state index in [1.165, 1.54) is 17.0 Å². The molecule has 0 aliphatic carbocycles. The third-order valence-electron chi connectivity index (χ3n) is 3.45. The van der Waals surface area contributed by atoms with Gasteiger partial charge in [-0.05, 0) is 31.9 Å². The van der Waals surface area contributed by atoms with E-state index in [9.17, 15) is 9.59 Å². The van der Waals surface area contributed by atoms with Crippen molar-refractivity contribution in [1.29, 1.82) is 0 Å². The van der Waals surface area contributed by atoms with Crippen LogP contribution in [0, 0.1) is 19.8 Å². The molecule has 0 atom stereocenters. The van der Waals surface area contributed by atoms with Gasteiger partial charge in [0.05, 0.1) is 6.54 Å². The summed E-state index contributed by atoms with van der Waals surface area (Å²) in [7, 11) is 0. The Morgan fingerprint density at radius 1 is 1.20 bits per heavy atom. The molecule has 132 valence electrons. The Bertz CT molecular complexity index is 770. The summed E-state index contributed by atoms with van der Waals surface area (Å²) in [6.07, 6.45) is 4.89. The van der Waals surface area contributed by atoms with E-state index in [2.05, 4.69) is 21.5 Å². The number of aromatic nitrogens is 3. The molecule has 1 N–H and O–H groups in total. The van der Waals surface area contributed by atoms with Gasteiger partial charge in [0, 0.05) is 24.3 Å². The van der Waals surface area contributed by atoms with E-state index in [0.29, 0.717) is 12.2 Å². The molecule has 0 fully saturated rings. The maximum Gasteiger partial charge on any atom is 0.220 e. The van der Waals surface area contributed by atoms with Crippen molar-refractivity contribution in [2.45, 2.75) is 34.1 Å². The predicted octanol–water partition coefficient (Wildman–Crippen LogP) is 2.76. The number of rotatable bonds is 7. The van der Waals surface area contributed by atoms with Crippen LogP contribution in [0.5, 0.6) is 0 Å². The number of ketones is 1. The highest BCUT2D eigenvalue weighted by atomic mass is 16.2. The van der Waals surface area contributed by atoms with Crippen LogP contribution < -0.4 is 5.32 Å². The average molecular weight is 340 g/mol. The lowest BCUT2D eigenvalue weighted by Gasteiger charge is -2.04. The maximum atomic E-state index is 11.8. The van der Waals surface area contributed by atoms with Crippen LogP contribution in [-0.2, 0) is 9.59 Å². The van der Waals surface area contributed by atoms with Gasteiger partial charge in [-0.1, -0.05) is 31.0 Å². The zero-order valence-electron chi connectivity index (χ0n) is 15.1. The number of amides is 1. The minimum Gasteiger partial charge on any atom is -0.349 e. The van der Waals surface area contributed by atoms with Crippen LogP contribution >= 0.6 is 0 Å². The molecular weight excluding hydrogens is 316 g/mol. The molecule has 0 radical (unpaired) electrons. The third kappa shape index (κ3) is 5.99. The van der Waals surface area contributed by atoms with Gasteiger partial charge in [-0.15, -0.1) is 5.10 Å². The second-order valence-corrected chi connectivity index (χ2v) is 6.58. The maximum absolute atomic E-state index is 11.8. The smallest absolute Gasteiger partial charge is 0.220 e. The normalized spacial score (nSPS) is 11.2. The van der Waals surface area contributed by atoms with Gasteiger partial charge < -0.3 is 5.32 Å². The molecule has 1 aromatic carbocycles. The van der Waals surface area contributed by atoms with Crippen molar-refractivity contribution in [3.8, 4) is 11.4 Å².